The van der Waals surface area contributed by atoms with E-state index in [0.29, 0.717) is 19.5 Å². The molecule has 0 saturated carbocycles. The second-order valence-corrected chi connectivity index (χ2v) is 7.64. The summed E-state index contributed by atoms with van der Waals surface area (Å²) in [6.45, 7) is 2.71. The summed E-state index contributed by atoms with van der Waals surface area (Å²) in [7, 11) is 1.62. The third-order valence-electron chi connectivity index (χ3n) is 5.31. The highest BCUT2D eigenvalue weighted by molar-refractivity contribution is 5.88. The van der Waals surface area contributed by atoms with Crippen LogP contribution in [0.3, 0.4) is 0 Å². The second kappa shape index (κ2) is 11.7. The number of methoxy groups -OCH3 is 1. The van der Waals surface area contributed by atoms with E-state index < -0.39 is 6.04 Å². The SMILES string of the molecule is CCNC(=O)[C@H](Cc1ccccc1)N(Cc1cccc(OC)c1)C(=O)Cc1ccccc1. The van der Waals surface area contributed by atoms with Gasteiger partial charge in [0.1, 0.15) is 11.8 Å². The Morgan fingerprint density at radius 1 is 0.875 bits per heavy atom. The molecular weight excluding hydrogens is 400 g/mol. The number of carbonyl (C=O) groups is 2. The number of hydrogen-bond donors (Lipinski definition) is 1. The Morgan fingerprint density at radius 3 is 2.12 bits per heavy atom. The molecule has 5 nitrogen and oxygen atoms in total. The van der Waals surface area contributed by atoms with Gasteiger partial charge in [-0.2, -0.15) is 0 Å². The standard InChI is InChI=1S/C27H30N2O3/c1-3-28-27(31)25(18-21-11-6-4-7-12-21)29(20-23-15-10-16-24(17-23)32-2)26(30)19-22-13-8-5-9-14-22/h4-17,25H,3,18-20H2,1-2H3,(H,28,31)/t25-/m0/s1. The molecule has 0 aromatic heterocycles. The molecule has 0 fully saturated rings. The molecule has 3 aromatic rings. The zero-order valence-electron chi connectivity index (χ0n) is 18.7. The first-order valence-corrected chi connectivity index (χ1v) is 10.9. The van der Waals surface area contributed by atoms with Crippen LogP contribution in [0.4, 0.5) is 0 Å². The van der Waals surface area contributed by atoms with Gasteiger partial charge in [-0.25, -0.2) is 0 Å². The van der Waals surface area contributed by atoms with E-state index in [1.807, 2.05) is 91.9 Å². The minimum atomic E-state index is -0.625. The molecule has 3 aromatic carbocycles. The van der Waals surface area contributed by atoms with E-state index in [4.69, 9.17) is 4.74 Å². The fourth-order valence-corrected chi connectivity index (χ4v) is 3.69. The summed E-state index contributed by atoms with van der Waals surface area (Å²) in [5.41, 5.74) is 2.84. The summed E-state index contributed by atoms with van der Waals surface area (Å²) >= 11 is 0. The van der Waals surface area contributed by atoms with Gasteiger partial charge in [-0.05, 0) is 35.7 Å². The van der Waals surface area contributed by atoms with Gasteiger partial charge in [0.2, 0.25) is 11.8 Å². The van der Waals surface area contributed by atoms with Gasteiger partial charge in [0, 0.05) is 19.5 Å². The first kappa shape index (κ1) is 23.1. The van der Waals surface area contributed by atoms with Crippen molar-refractivity contribution in [1.82, 2.24) is 10.2 Å². The van der Waals surface area contributed by atoms with Crippen molar-refractivity contribution in [3.8, 4) is 5.75 Å². The molecule has 0 aliphatic heterocycles. The Kier molecular flexibility index (Phi) is 8.44. The molecule has 0 spiro atoms. The molecule has 0 aliphatic rings. The van der Waals surface area contributed by atoms with E-state index in [1.165, 1.54) is 0 Å². The summed E-state index contributed by atoms with van der Waals surface area (Å²) in [6.07, 6.45) is 0.673. The Bertz CT molecular complexity index is 1010. The molecule has 166 valence electrons. The normalized spacial score (nSPS) is 11.4. The van der Waals surface area contributed by atoms with Gasteiger partial charge >= 0.3 is 0 Å². The largest absolute Gasteiger partial charge is 0.497 e. The zero-order chi connectivity index (χ0) is 22.8. The number of ether oxygens (including phenoxy) is 1. The Hall–Kier alpha value is -3.60. The van der Waals surface area contributed by atoms with Gasteiger partial charge in [0.25, 0.3) is 0 Å². The second-order valence-electron chi connectivity index (χ2n) is 7.64. The smallest absolute Gasteiger partial charge is 0.243 e. The number of benzene rings is 3. The molecule has 3 rings (SSSR count). The third-order valence-corrected chi connectivity index (χ3v) is 5.31. The Morgan fingerprint density at radius 2 is 1.50 bits per heavy atom. The fraction of sp³-hybridized carbons (Fsp3) is 0.259. The van der Waals surface area contributed by atoms with Crippen molar-refractivity contribution in [2.75, 3.05) is 13.7 Å². The first-order chi connectivity index (χ1) is 15.6. The maximum absolute atomic E-state index is 13.5. The van der Waals surface area contributed by atoms with E-state index in [1.54, 1.807) is 12.0 Å². The molecule has 0 bridgehead atoms. The van der Waals surface area contributed by atoms with Crippen LogP contribution in [0, 0.1) is 0 Å². The molecule has 0 saturated heterocycles. The average molecular weight is 431 g/mol. The molecule has 32 heavy (non-hydrogen) atoms. The highest BCUT2D eigenvalue weighted by Crippen LogP contribution is 2.19. The van der Waals surface area contributed by atoms with Crippen LogP contribution >= 0.6 is 0 Å². The van der Waals surface area contributed by atoms with Gasteiger partial charge in [-0.3, -0.25) is 9.59 Å². The van der Waals surface area contributed by atoms with E-state index >= 15 is 0 Å². The topological polar surface area (TPSA) is 58.6 Å². The minimum absolute atomic E-state index is 0.0915. The van der Waals surface area contributed by atoms with Crippen molar-refractivity contribution < 1.29 is 14.3 Å². The summed E-state index contributed by atoms with van der Waals surface area (Å²) in [5, 5.41) is 2.92. The van der Waals surface area contributed by atoms with Crippen molar-refractivity contribution in [2.45, 2.75) is 32.4 Å². The third kappa shape index (κ3) is 6.45. The lowest BCUT2D eigenvalue weighted by atomic mass is 10.0. The van der Waals surface area contributed by atoms with Gasteiger partial charge in [-0.1, -0.05) is 72.8 Å². The average Bonchev–Trinajstić information content (AvgIpc) is 2.83. The Balaban J connectivity index is 1.95. The first-order valence-electron chi connectivity index (χ1n) is 10.9. The van der Waals surface area contributed by atoms with Gasteiger partial charge < -0.3 is 15.0 Å². The van der Waals surface area contributed by atoms with Gasteiger partial charge in [0.15, 0.2) is 0 Å². The molecule has 5 heteroatoms. The van der Waals surface area contributed by atoms with Crippen molar-refractivity contribution in [3.63, 3.8) is 0 Å². The van der Waals surface area contributed by atoms with Crippen molar-refractivity contribution in [3.05, 3.63) is 102 Å². The van der Waals surface area contributed by atoms with Crippen LogP contribution < -0.4 is 10.1 Å². The lowest BCUT2D eigenvalue weighted by Gasteiger charge is -2.31. The molecule has 1 N–H and O–H groups in total. The molecule has 0 radical (unpaired) electrons. The molecule has 2 amide bonds. The maximum atomic E-state index is 13.5. The van der Waals surface area contributed by atoms with Crippen molar-refractivity contribution >= 4 is 11.8 Å². The van der Waals surface area contributed by atoms with Crippen LogP contribution in [-0.2, 0) is 29.0 Å². The molecular formula is C27H30N2O3. The molecule has 0 heterocycles. The zero-order valence-corrected chi connectivity index (χ0v) is 18.7. The van der Waals surface area contributed by atoms with Gasteiger partial charge in [-0.15, -0.1) is 0 Å². The fourth-order valence-electron chi connectivity index (χ4n) is 3.69. The van der Waals surface area contributed by atoms with E-state index in [9.17, 15) is 9.59 Å². The highest BCUT2D eigenvalue weighted by Gasteiger charge is 2.30. The van der Waals surface area contributed by atoms with Crippen molar-refractivity contribution in [1.29, 1.82) is 0 Å². The maximum Gasteiger partial charge on any atom is 0.243 e. The van der Waals surface area contributed by atoms with Crippen LogP contribution in [0.1, 0.15) is 23.6 Å². The predicted molar refractivity (Wildman–Crippen MR) is 126 cm³/mol. The van der Waals surface area contributed by atoms with Crippen molar-refractivity contribution in [2.24, 2.45) is 0 Å². The number of likely N-dealkylation sites (N-methyl/N-ethyl adjacent to an activating group) is 1. The van der Waals surface area contributed by atoms with Crippen LogP contribution in [0.25, 0.3) is 0 Å². The summed E-state index contributed by atoms with van der Waals surface area (Å²) in [5.74, 6) is 0.474. The quantitative estimate of drug-likeness (QED) is 0.529. The van der Waals surface area contributed by atoms with Crippen LogP contribution in [-0.4, -0.2) is 36.4 Å². The number of nitrogens with one attached hydrogen (secondary N) is 1. The Labute approximate surface area is 190 Å². The number of amides is 2. The van der Waals surface area contributed by atoms with Crippen LogP contribution in [0.15, 0.2) is 84.9 Å². The molecule has 1 atom stereocenters. The lowest BCUT2D eigenvalue weighted by Crippen LogP contribution is -2.50. The summed E-state index contributed by atoms with van der Waals surface area (Å²) < 4.78 is 5.35. The number of rotatable bonds is 10. The lowest BCUT2D eigenvalue weighted by molar-refractivity contribution is -0.140. The summed E-state index contributed by atoms with van der Waals surface area (Å²) in [4.78, 5) is 28.4. The summed E-state index contributed by atoms with van der Waals surface area (Å²) in [6, 6.07) is 26.4. The monoisotopic (exact) mass is 430 g/mol. The number of carbonyl (C=O) groups excluding carboxylic acids is 2. The van der Waals surface area contributed by atoms with Crippen LogP contribution in [0.2, 0.25) is 0 Å². The van der Waals surface area contributed by atoms with Crippen LogP contribution in [0.5, 0.6) is 5.75 Å². The van der Waals surface area contributed by atoms with E-state index in [-0.39, 0.29) is 18.2 Å². The van der Waals surface area contributed by atoms with Gasteiger partial charge in [0.05, 0.1) is 13.5 Å². The number of hydrogen-bond acceptors (Lipinski definition) is 3. The predicted octanol–water partition coefficient (Wildman–Crippen LogP) is 4.01. The van der Waals surface area contributed by atoms with E-state index in [2.05, 4.69) is 5.32 Å². The van der Waals surface area contributed by atoms with E-state index in [0.717, 1.165) is 22.4 Å². The number of nitrogens with zero attached hydrogens (tertiary/aromatic N) is 1. The molecule has 0 aliphatic carbocycles. The minimum Gasteiger partial charge on any atom is -0.497 e. The molecule has 0 unspecified atom stereocenters. The highest BCUT2D eigenvalue weighted by atomic mass is 16.5.